The molecule has 2 heterocycles. The van der Waals surface area contributed by atoms with E-state index in [1.54, 1.807) is 11.8 Å². The molecular weight excluding hydrogens is 278 g/mol. The molecule has 0 saturated heterocycles. The molecule has 4 heteroatoms. The van der Waals surface area contributed by atoms with Gasteiger partial charge in [0.15, 0.2) is 5.17 Å². The summed E-state index contributed by atoms with van der Waals surface area (Å²) in [7, 11) is 0. The molecule has 3 nitrogen and oxygen atoms in total. The van der Waals surface area contributed by atoms with Crippen LogP contribution < -0.4 is 5.32 Å². The maximum Gasteiger partial charge on any atom is 0.158 e. The molecule has 1 aromatic heterocycles. The minimum absolute atomic E-state index is 0.262. The fourth-order valence-electron chi connectivity index (χ4n) is 2.69. The van der Waals surface area contributed by atoms with Gasteiger partial charge in [-0.25, -0.2) is 0 Å². The predicted octanol–water partition coefficient (Wildman–Crippen LogP) is 3.40. The molecule has 21 heavy (non-hydrogen) atoms. The highest BCUT2D eigenvalue weighted by atomic mass is 32.2. The van der Waals surface area contributed by atoms with Gasteiger partial charge in [-0.05, 0) is 30.5 Å². The van der Waals surface area contributed by atoms with E-state index in [2.05, 4.69) is 54.5 Å². The lowest BCUT2D eigenvalue weighted by atomic mass is 10.0. The zero-order valence-corrected chi connectivity index (χ0v) is 13.4. The summed E-state index contributed by atoms with van der Waals surface area (Å²) in [6, 6.07) is 2.73. The number of thioether (sulfide) groups is 1. The lowest BCUT2D eigenvalue weighted by molar-refractivity contribution is 0.696. The fraction of sp³-hybridized carbons (Fsp3) is 0.412. The van der Waals surface area contributed by atoms with Crippen molar-refractivity contribution in [3.8, 4) is 0 Å². The lowest BCUT2D eigenvalue weighted by Gasteiger charge is -2.13. The van der Waals surface area contributed by atoms with E-state index in [0.717, 1.165) is 17.3 Å². The standard InChI is InChI=1S/C17H21N3S/c1-3-6-13-9-10-18-16(12(13)2)11-21-17-19-14-7-4-5-8-15(14)20-17/h4-5,7-10,14-15H,3,6,11H2,1-2H3,(H,19,20). The van der Waals surface area contributed by atoms with Crippen LogP contribution in [0.1, 0.15) is 30.2 Å². The Morgan fingerprint density at radius 3 is 2.95 bits per heavy atom. The van der Waals surface area contributed by atoms with E-state index in [1.165, 1.54) is 23.2 Å². The van der Waals surface area contributed by atoms with E-state index in [1.807, 2.05) is 6.20 Å². The summed E-state index contributed by atoms with van der Waals surface area (Å²) < 4.78 is 0. The number of aromatic nitrogens is 1. The Balaban J connectivity index is 1.65. The Hall–Kier alpha value is -1.55. The van der Waals surface area contributed by atoms with Crippen LogP contribution in [0, 0.1) is 6.92 Å². The molecule has 1 aliphatic carbocycles. The first-order chi connectivity index (χ1) is 10.3. The molecule has 1 aliphatic heterocycles. The maximum absolute atomic E-state index is 4.72. The van der Waals surface area contributed by atoms with Gasteiger partial charge < -0.3 is 5.32 Å². The number of rotatable bonds is 4. The van der Waals surface area contributed by atoms with E-state index in [0.29, 0.717) is 6.04 Å². The zero-order chi connectivity index (χ0) is 14.7. The van der Waals surface area contributed by atoms with Gasteiger partial charge in [-0.1, -0.05) is 49.4 Å². The largest absolute Gasteiger partial charge is 0.356 e. The maximum atomic E-state index is 4.72. The third-order valence-corrected chi connectivity index (χ3v) is 4.86. The predicted molar refractivity (Wildman–Crippen MR) is 90.7 cm³/mol. The summed E-state index contributed by atoms with van der Waals surface area (Å²) in [6.07, 6.45) is 12.7. The summed E-state index contributed by atoms with van der Waals surface area (Å²) in [5.41, 5.74) is 3.93. The molecule has 2 aliphatic rings. The molecule has 3 rings (SSSR count). The van der Waals surface area contributed by atoms with Crippen molar-refractivity contribution in [1.82, 2.24) is 10.3 Å². The van der Waals surface area contributed by atoms with E-state index in [9.17, 15) is 0 Å². The molecule has 1 N–H and O–H groups in total. The topological polar surface area (TPSA) is 37.3 Å². The highest BCUT2D eigenvalue weighted by Gasteiger charge is 2.25. The van der Waals surface area contributed by atoms with Crippen LogP contribution in [-0.2, 0) is 12.2 Å². The zero-order valence-electron chi connectivity index (χ0n) is 12.5. The summed E-state index contributed by atoms with van der Waals surface area (Å²) in [5, 5.41) is 4.50. The van der Waals surface area contributed by atoms with Gasteiger partial charge in [-0.2, -0.15) is 0 Å². The minimum atomic E-state index is 0.262. The van der Waals surface area contributed by atoms with Crippen LogP contribution in [0.25, 0.3) is 0 Å². The van der Waals surface area contributed by atoms with Crippen molar-refractivity contribution in [1.29, 1.82) is 0 Å². The Bertz CT molecular complexity index is 604. The molecule has 0 amide bonds. The number of aryl methyl sites for hydroxylation is 1. The van der Waals surface area contributed by atoms with Gasteiger partial charge in [0.2, 0.25) is 0 Å². The van der Waals surface area contributed by atoms with Crippen molar-refractivity contribution >= 4 is 16.9 Å². The number of aliphatic imine (C=N–C) groups is 1. The smallest absolute Gasteiger partial charge is 0.158 e. The lowest BCUT2D eigenvalue weighted by Crippen LogP contribution is -2.31. The molecule has 0 spiro atoms. The van der Waals surface area contributed by atoms with Crippen molar-refractivity contribution in [2.24, 2.45) is 4.99 Å². The second-order valence-corrected chi connectivity index (χ2v) is 6.41. The molecular formula is C17H21N3S. The van der Waals surface area contributed by atoms with Crippen LogP contribution in [0.4, 0.5) is 0 Å². The van der Waals surface area contributed by atoms with Crippen LogP contribution in [0.15, 0.2) is 41.6 Å². The number of pyridine rings is 1. The normalized spacial score (nSPS) is 22.9. The SMILES string of the molecule is CCCc1ccnc(CSC2=NC3C=CC=CC3N2)c1C. The van der Waals surface area contributed by atoms with Gasteiger partial charge in [0.1, 0.15) is 0 Å². The Kier molecular flexibility index (Phi) is 4.44. The molecule has 0 bridgehead atoms. The van der Waals surface area contributed by atoms with E-state index in [4.69, 9.17) is 4.99 Å². The molecule has 2 unspecified atom stereocenters. The first kappa shape index (κ1) is 14.4. The average molecular weight is 299 g/mol. The first-order valence-corrected chi connectivity index (χ1v) is 8.52. The number of hydrogen-bond acceptors (Lipinski definition) is 4. The molecule has 1 aromatic rings. The summed E-state index contributed by atoms with van der Waals surface area (Å²) in [4.78, 5) is 9.26. The van der Waals surface area contributed by atoms with Crippen LogP contribution in [0.5, 0.6) is 0 Å². The molecule has 0 saturated carbocycles. The van der Waals surface area contributed by atoms with Crippen LogP contribution in [0.3, 0.4) is 0 Å². The monoisotopic (exact) mass is 299 g/mol. The second-order valence-electron chi connectivity index (χ2n) is 5.45. The van der Waals surface area contributed by atoms with Crippen molar-refractivity contribution in [3.63, 3.8) is 0 Å². The summed E-state index contributed by atoms with van der Waals surface area (Å²) >= 11 is 1.75. The first-order valence-electron chi connectivity index (χ1n) is 7.53. The van der Waals surface area contributed by atoms with Crippen LogP contribution in [0.2, 0.25) is 0 Å². The number of nitrogens with one attached hydrogen (secondary N) is 1. The third-order valence-electron chi connectivity index (χ3n) is 3.95. The Morgan fingerprint density at radius 2 is 2.14 bits per heavy atom. The van der Waals surface area contributed by atoms with Crippen LogP contribution >= 0.6 is 11.8 Å². The number of nitrogens with zero attached hydrogens (tertiary/aromatic N) is 2. The Labute approximate surface area is 130 Å². The van der Waals surface area contributed by atoms with Gasteiger partial charge in [0, 0.05) is 11.9 Å². The number of hydrogen-bond donors (Lipinski definition) is 1. The summed E-state index contributed by atoms with van der Waals surface area (Å²) in [5.74, 6) is 0.877. The molecule has 0 fully saturated rings. The van der Waals surface area contributed by atoms with Crippen LogP contribution in [-0.4, -0.2) is 22.2 Å². The van der Waals surface area contributed by atoms with E-state index >= 15 is 0 Å². The number of allylic oxidation sites excluding steroid dienone is 2. The number of fused-ring (bicyclic) bond motifs is 1. The highest BCUT2D eigenvalue weighted by Crippen LogP contribution is 2.23. The van der Waals surface area contributed by atoms with Gasteiger partial charge in [0.25, 0.3) is 0 Å². The fourth-order valence-corrected chi connectivity index (χ4v) is 3.67. The minimum Gasteiger partial charge on any atom is -0.356 e. The quantitative estimate of drug-likeness (QED) is 0.926. The Morgan fingerprint density at radius 1 is 1.29 bits per heavy atom. The van der Waals surface area contributed by atoms with Gasteiger partial charge in [-0.3, -0.25) is 9.98 Å². The van der Waals surface area contributed by atoms with Crippen molar-refractivity contribution in [2.45, 2.75) is 44.5 Å². The van der Waals surface area contributed by atoms with Gasteiger partial charge in [0.05, 0.1) is 17.8 Å². The molecule has 2 atom stereocenters. The van der Waals surface area contributed by atoms with Crippen molar-refractivity contribution < 1.29 is 0 Å². The molecule has 0 aromatic carbocycles. The summed E-state index contributed by atoms with van der Waals surface area (Å²) in [6.45, 7) is 4.40. The highest BCUT2D eigenvalue weighted by molar-refractivity contribution is 8.13. The van der Waals surface area contributed by atoms with Gasteiger partial charge >= 0.3 is 0 Å². The third kappa shape index (κ3) is 3.21. The number of amidine groups is 1. The average Bonchev–Trinajstić information content (AvgIpc) is 2.91. The van der Waals surface area contributed by atoms with Crippen molar-refractivity contribution in [3.05, 3.63) is 53.4 Å². The molecule has 110 valence electrons. The van der Waals surface area contributed by atoms with E-state index in [-0.39, 0.29) is 6.04 Å². The van der Waals surface area contributed by atoms with Crippen molar-refractivity contribution in [2.75, 3.05) is 0 Å². The van der Waals surface area contributed by atoms with Gasteiger partial charge in [-0.15, -0.1) is 0 Å². The molecule has 0 radical (unpaired) electrons. The van der Waals surface area contributed by atoms with E-state index < -0.39 is 0 Å². The second kappa shape index (κ2) is 6.48.